The topological polar surface area (TPSA) is 56.2 Å². The van der Waals surface area contributed by atoms with Crippen molar-refractivity contribution in [3.05, 3.63) is 40.8 Å². The molecule has 1 aromatic heterocycles. The molecule has 3 rings (SSSR count). The van der Waals surface area contributed by atoms with Crippen LogP contribution < -0.4 is 10.1 Å². The average molecular weight is 345 g/mol. The molecule has 2 heterocycles. The zero-order valence-electron chi connectivity index (χ0n) is 15.1. The number of hydrogen-bond donors (Lipinski definition) is 1. The number of nitrogens with zero attached hydrogens (tertiary/aromatic N) is 2. The monoisotopic (exact) mass is 345 g/mol. The van der Waals surface area contributed by atoms with Gasteiger partial charge in [-0.15, -0.1) is 0 Å². The summed E-state index contributed by atoms with van der Waals surface area (Å²) in [5.74, 6) is 0.358. The number of methoxy groups -OCH3 is 1. The lowest BCUT2D eigenvalue weighted by Crippen LogP contribution is -2.26. The fraction of sp³-hybridized carbons (Fsp3) is 0.474. The number of hydrogen-bond acceptors (Lipinski definition) is 3. The second-order valence-corrected chi connectivity index (χ2v) is 6.46. The van der Waals surface area contributed by atoms with E-state index in [0.717, 1.165) is 35.5 Å². The van der Waals surface area contributed by atoms with E-state index in [4.69, 9.17) is 9.84 Å². The zero-order valence-corrected chi connectivity index (χ0v) is 15.1. The van der Waals surface area contributed by atoms with Crippen LogP contribution in [-0.4, -0.2) is 22.8 Å². The van der Waals surface area contributed by atoms with Gasteiger partial charge < -0.3 is 10.1 Å². The van der Waals surface area contributed by atoms with Gasteiger partial charge in [-0.25, -0.2) is 9.07 Å². The molecule has 134 valence electrons. The lowest BCUT2D eigenvalue weighted by molar-refractivity contribution is -0.116. The fourth-order valence-corrected chi connectivity index (χ4v) is 3.65. The van der Waals surface area contributed by atoms with Crippen molar-refractivity contribution in [3.8, 4) is 5.75 Å². The minimum Gasteiger partial charge on any atom is -0.494 e. The molecule has 0 spiro atoms. The highest BCUT2D eigenvalue weighted by Crippen LogP contribution is 2.41. The number of carbonyl (C=O) groups excluding carboxylic acids is 1. The molecule has 6 heteroatoms. The molecule has 0 bridgehead atoms. The van der Waals surface area contributed by atoms with Crippen LogP contribution in [0.5, 0.6) is 5.75 Å². The SMILES string of the molecule is CCC(CC)n1nc(C)c2c1NC(=O)CC2c1ccc(F)c(OC)c1. The second-order valence-electron chi connectivity index (χ2n) is 6.46. The van der Waals surface area contributed by atoms with E-state index < -0.39 is 5.82 Å². The predicted octanol–water partition coefficient (Wildman–Crippen LogP) is 4.17. The Hall–Kier alpha value is -2.37. The van der Waals surface area contributed by atoms with Gasteiger partial charge in [0.05, 0.1) is 18.8 Å². The van der Waals surface area contributed by atoms with Crippen LogP contribution in [0.15, 0.2) is 18.2 Å². The Bertz CT molecular complexity index is 796. The van der Waals surface area contributed by atoms with Gasteiger partial charge in [-0.05, 0) is 37.5 Å². The number of amides is 1. The summed E-state index contributed by atoms with van der Waals surface area (Å²) in [4.78, 5) is 12.3. The van der Waals surface area contributed by atoms with Crippen LogP contribution in [0, 0.1) is 12.7 Å². The number of rotatable bonds is 5. The number of benzene rings is 1. The molecule has 2 aromatic rings. The number of aryl methyl sites for hydroxylation is 1. The summed E-state index contributed by atoms with van der Waals surface area (Å²) in [6, 6.07) is 5.03. The maximum absolute atomic E-state index is 13.8. The molecule has 1 unspecified atom stereocenters. The van der Waals surface area contributed by atoms with Crippen molar-refractivity contribution >= 4 is 11.7 Å². The first-order chi connectivity index (χ1) is 12.0. The smallest absolute Gasteiger partial charge is 0.226 e. The first-order valence-electron chi connectivity index (χ1n) is 8.72. The van der Waals surface area contributed by atoms with Gasteiger partial charge in [0.25, 0.3) is 0 Å². The van der Waals surface area contributed by atoms with Gasteiger partial charge in [-0.2, -0.15) is 5.10 Å². The van der Waals surface area contributed by atoms with E-state index in [9.17, 15) is 9.18 Å². The van der Waals surface area contributed by atoms with Gasteiger partial charge in [0.2, 0.25) is 5.91 Å². The third-order valence-electron chi connectivity index (χ3n) is 4.99. The summed E-state index contributed by atoms with van der Waals surface area (Å²) in [5, 5.41) is 7.70. The van der Waals surface area contributed by atoms with E-state index in [-0.39, 0.29) is 23.6 Å². The summed E-state index contributed by atoms with van der Waals surface area (Å²) in [5.41, 5.74) is 2.77. The van der Waals surface area contributed by atoms with E-state index in [1.807, 2.05) is 11.6 Å². The average Bonchev–Trinajstić information content (AvgIpc) is 2.92. The first-order valence-corrected chi connectivity index (χ1v) is 8.72. The third-order valence-corrected chi connectivity index (χ3v) is 4.99. The Balaban J connectivity index is 2.12. The Morgan fingerprint density at radius 1 is 1.40 bits per heavy atom. The van der Waals surface area contributed by atoms with Gasteiger partial charge in [0, 0.05) is 17.9 Å². The number of halogens is 1. The number of nitrogens with one attached hydrogen (secondary N) is 1. The highest BCUT2D eigenvalue weighted by Gasteiger charge is 2.33. The van der Waals surface area contributed by atoms with Crippen LogP contribution in [0.2, 0.25) is 0 Å². The van der Waals surface area contributed by atoms with Crippen LogP contribution in [0.1, 0.15) is 61.9 Å². The van der Waals surface area contributed by atoms with Crippen LogP contribution in [0.25, 0.3) is 0 Å². The Morgan fingerprint density at radius 2 is 2.12 bits per heavy atom. The molecule has 1 atom stereocenters. The van der Waals surface area contributed by atoms with Crippen LogP contribution in [-0.2, 0) is 4.79 Å². The van der Waals surface area contributed by atoms with E-state index in [1.165, 1.54) is 13.2 Å². The van der Waals surface area contributed by atoms with Gasteiger partial charge >= 0.3 is 0 Å². The number of ether oxygens (including phenoxy) is 1. The second kappa shape index (κ2) is 6.86. The minimum absolute atomic E-state index is 0.0482. The molecule has 0 saturated heterocycles. The molecule has 1 aromatic carbocycles. The Labute approximate surface area is 147 Å². The predicted molar refractivity (Wildman–Crippen MR) is 94.6 cm³/mol. The first kappa shape index (κ1) is 17.5. The van der Waals surface area contributed by atoms with Crippen molar-refractivity contribution in [3.63, 3.8) is 0 Å². The molecule has 0 saturated carbocycles. The highest BCUT2D eigenvalue weighted by molar-refractivity contribution is 5.94. The molecule has 25 heavy (non-hydrogen) atoms. The Morgan fingerprint density at radius 3 is 2.76 bits per heavy atom. The van der Waals surface area contributed by atoms with E-state index in [0.29, 0.717) is 6.42 Å². The van der Waals surface area contributed by atoms with Crippen LogP contribution >= 0.6 is 0 Å². The number of anilines is 1. The quantitative estimate of drug-likeness (QED) is 0.885. The minimum atomic E-state index is -0.406. The molecule has 0 fully saturated rings. The maximum atomic E-state index is 13.8. The molecule has 1 aliphatic rings. The molecular weight excluding hydrogens is 321 g/mol. The normalized spacial score (nSPS) is 16.7. The van der Waals surface area contributed by atoms with Crippen molar-refractivity contribution in [1.29, 1.82) is 0 Å². The third kappa shape index (κ3) is 3.01. The largest absolute Gasteiger partial charge is 0.494 e. The highest BCUT2D eigenvalue weighted by atomic mass is 19.1. The van der Waals surface area contributed by atoms with Crippen molar-refractivity contribution < 1.29 is 13.9 Å². The molecule has 1 aliphatic heterocycles. The Kier molecular flexibility index (Phi) is 4.79. The van der Waals surface area contributed by atoms with Gasteiger partial charge in [0.15, 0.2) is 11.6 Å². The fourth-order valence-electron chi connectivity index (χ4n) is 3.65. The van der Waals surface area contributed by atoms with E-state index >= 15 is 0 Å². The zero-order chi connectivity index (χ0) is 18.1. The van der Waals surface area contributed by atoms with Crippen molar-refractivity contribution in [2.75, 3.05) is 12.4 Å². The lowest BCUT2D eigenvalue weighted by atomic mass is 9.85. The maximum Gasteiger partial charge on any atom is 0.226 e. The van der Waals surface area contributed by atoms with Crippen molar-refractivity contribution in [1.82, 2.24) is 9.78 Å². The van der Waals surface area contributed by atoms with E-state index in [1.54, 1.807) is 12.1 Å². The van der Waals surface area contributed by atoms with Gasteiger partial charge in [-0.1, -0.05) is 19.9 Å². The molecule has 1 amide bonds. The van der Waals surface area contributed by atoms with Crippen LogP contribution in [0.3, 0.4) is 0 Å². The number of aromatic nitrogens is 2. The standard InChI is InChI=1S/C19H24FN3O2/c1-5-13(6-2)23-19-18(11(3)22-23)14(10-17(24)21-19)12-7-8-15(20)16(9-12)25-4/h7-9,13-14H,5-6,10H2,1-4H3,(H,21,24). The summed E-state index contributed by atoms with van der Waals surface area (Å²) in [6.07, 6.45) is 2.20. The molecule has 5 nitrogen and oxygen atoms in total. The molecule has 0 radical (unpaired) electrons. The van der Waals surface area contributed by atoms with Crippen molar-refractivity contribution in [2.24, 2.45) is 0 Å². The van der Waals surface area contributed by atoms with Gasteiger partial charge in [0.1, 0.15) is 5.82 Å². The number of fused-ring (bicyclic) bond motifs is 1. The van der Waals surface area contributed by atoms with Crippen LogP contribution in [0.4, 0.5) is 10.2 Å². The number of carbonyl (C=O) groups is 1. The van der Waals surface area contributed by atoms with Gasteiger partial charge in [-0.3, -0.25) is 4.79 Å². The molecule has 0 aliphatic carbocycles. The molecular formula is C19H24FN3O2. The lowest BCUT2D eigenvalue weighted by Gasteiger charge is -2.26. The summed E-state index contributed by atoms with van der Waals surface area (Å²) in [7, 11) is 1.44. The summed E-state index contributed by atoms with van der Waals surface area (Å²) in [6.45, 7) is 6.19. The molecule has 1 N–H and O–H groups in total. The van der Waals surface area contributed by atoms with E-state index in [2.05, 4.69) is 19.2 Å². The summed E-state index contributed by atoms with van der Waals surface area (Å²) < 4.78 is 20.8. The summed E-state index contributed by atoms with van der Waals surface area (Å²) >= 11 is 0. The van der Waals surface area contributed by atoms with Crippen molar-refractivity contribution in [2.45, 2.75) is 52.0 Å².